The zero-order valence-electron chi connectivity index (χ0n) is 15.0. The van der Waals surface area contributed by atoms with Crippen LogP contribution in [0, 0.1) is 13.8 Å². The molecule has 0 atom stereocenters. The van der Waals surface area contributed by atoms with Crippen molar-refractivity contribution < 1.29 is 18.5 Å². The van der Waals surface area contributed by atoms with Crippen LogP contribution in [0.4, 0.5) is 0 Å². The van der Waals surface area contributed by atoms with E-state index in [2.05, 4.69) is 0 Å². The van der Waals surface area contributed by atoms with E-state index in [0.29, 0.717) is 11.5 Å². The first-order valence-electron chi connectivity index (χ1n) is 8.63. The molecule has 0 unspecified atom stereocenters. The van der Waals surface area contributed by atoms with Gasteiger partial charge in [0.25, 0.3) is 0 Å². The molecule has 0 aromatic heterocycles. The van der Waals surface area contributed by atoms with E-state index in [4.69, 9.17) is 9.05 Å². The van der Waals surface area contributed by atoms with Crippen molar-refractivity contribution in [1.82, 2.24) is 0 Å². The number of hydrogen-bond donors (Lipinski definition) is 1. The molecular formula is C22H19O4P. The Kier molecular flexibility index (Phi) is 4.39. The normalized spacial score (nSPS) is 11.7. The van der Waals surface area contributed by atoms with Crippen molar-refractivity contribution in [3.63, 3.8) is 0 Å². The molecule has 0 spiro atoms. The summed E-state index contributed by atoms with van der Waals surface area (Å²) in [6.07, 6.45) is 0. The number of phosphoric acid groups is 1. The van der Waals surface area contributed by atoms with Crippen LogP contribution in [0.3, 0.4) is 0 Å². The third-order valence-electron chi connectivity index (χ3n) is 4.57. The molecule has 4 aromatic rings. The van der Waals surface area contributed by atoms with Crippen molar-refractivity contribution in [2.75, 3.05) is 0 Å². The Morgan fingerprint density at radius 3 is 1.52 bits per heavy atom. The van der Waals surface area contributed by atoms with Crippen LogP contribution in [-0.2, 0) is 4.57 Å². The van der Waals surface area contributed by atoms with E-state index in [-0.39, 0.29) is 0 Å². The lowest BCUT2D eigenvalue weighted by Gasteiger charge is -2.19. The highest BCUT2D eigenvalue weighted by Gasteiger charge is 2.28. The SMILES string of the molecule is Cc1ccc2ccccc2c1OP(=O)(O)Oc1c(C)ccc2ccccc12. The summed E-state index contributed by atoms with van der Waals surface area (Å²) in [5, 5.41) is 3.40. The van der Waals surface area contributed by atoms with Crippen LogP contribution in [0.2, 0.25) is 0 Å². The second-order valence-corrected chi connectivity index (χ2v) is 7.82. The van der Waals surface area contributed by atoms with Gasteiger partial charge in [-0.3, -0.25) is 4.89 Å². The number of rotatable bonds is 4. The first-order valence-corrected chi connectivity index (χ1v) is 10.1. The van der Waals surface area contributed by atoms with E-state index in [1.54, 1.807) is 0 Å². The standard InChI is InChI=1S/C22H19O4P/c1-15-11-13-17-7-3-5-9-19(17)21(15)25-27(23,24)26-22-16(2)12-14-18-8-4-6-10-20(18)22/h3-14H,1-2H3,(H,23,24). The van der Waals surface area contributed by atoms with Crippen LogP contribution in [0.1, 0.15) is 11.1 Å². The number of fused-ring (bicyclic) bond motifs is 2. The molecule has 0 aliphatic heterocycles. The fourth-order valence-electron chi connectivity index (χ4n) is 3.20. The zero-order chi connectivity index (χ0) is 19.0. The fourth-order valence-corrected chi connectivity index (χ4v) is 4.18. The monoisotopic (exact) mass is 378 g/mol. The maximum absolute atomic E-state index is 12.9. The number of benzene rings is 4. The lowest BCUT2D eigenvalue weighted by molar-refractivity contribution is 0.292. The smallest absolute Gasteiger partial charge is 0.394 e. The number of aryl methyl sites for hydroxylation is 2. The minimum atomic E-state index is -4.40. The van der Waals surface area contributed by atoms with E-state index in [1.807, 2.05) is 86.6 Å². The summed E-state index contributed by atoms with van der Waals surface area (Å²) in [6, 6.07) is 22.8. The summed E-state index contributed by atoms with van der Waals surface area (Å²) in [5.74, 6) is 0.716. The first-order chi connectivity index (χ1) is 12.9. The molecule has 0 aliphatic rings. The summed E-state index contributed by atoms with van der Waals surface area (Å²) in [7, 11) is -4.40. The summed E-state index contributed by atoms with van der Waals surface area (Å²) in [6.45, 7) is 3.68. The Balaban J connectivity index is 1.75. The zero-order valence-corrected chi connectivity index (χ0v) is 15.9. The molecule has 27 heavy (non-hydrogen) atoms. The molecule has 0 radical (unpaired) electrons. The summed E-state index contributed by atoms with van der Waals surface area (Å²) < 4.78 is 23.9. The van der Waals surface area contributed by atoms with Crippen LogP contribution < -0.4 is 9.05 Å². The molecule has 1 N–H and O–H groups in total. The van der Waals surface area contributed by atoms with Gasteiger partial charge in [0.1, 0.15) is 11.5 Å². The second kappa shape index (κ2) is 6.73. The largest absolute Gasteiger partial charge is 0.584 e. The van der Waals surface area contributed by atoms with Crippen LogP contribution in [0.25, 0.3) is 21.5 Å². The molecule has 0 heterocycles. The van der Waals surface area contributed by atoms with E-state index in [0.717, 1.165) is 32.7 Å². The van der Waals surface area contributed by atoms with Crippen molar-refractivity contribution in [3.05, 3.63) is 83.9 Å². The van der Waals surface area contributed by atoms with Crippen molar-refractivity contribution >= 4 is 29.4 Å². The van der Waals surface area contributed by atoms with Gasteiger partial charge in [-0.1, -0.05) is 72.8 Å². The van der Waals surface area contributed by atoms with Gasteiger partial charge in [-0.05, 0) is 35.7 Å². The Labute approximate surface area is 157 Å². The average molecular weight is 378 g/mol. The van der Waals surface area contributed by atoms with Gasteiger partial charge in [0.2, 0.25) is 0 Å². The lowest BCUT2D eigenvalue weighted by Crippen LogP contribution is -2.03. The molecule has 0 aliphatic carbocycles. The highest BCUT2D eigenvalue weighted by atomic mass is 31.2. The molecule has 0 saturated carbocycles. The molecule has 0 bridgehead atoms. The lowest BCUT2D eigenvalue weighted by atomic mass is 10.1. The minimum absolute atomic E-state index is 0.358. The van der Waals surface area contributed by atoms with Gasteiger partial charge in [-0.15, -0.1) is 0 Å². The molecule has 4 nitrogen and oxygen atoms in total. The number of phosphoric ester groups is 1. The fraction of sp³-hybridized carbons (Fsp3) is 0.0909. The Morgan fingerprint density at radius 1 is 0.667 bits per heavy atom. The molecule has 4 rings (SSSR count). The highest BCUT2D eigenvalue weighted by molar-refractivity contribution is 7.48. The van der Waals surface area contributed by atoms with Gasteiger partial charge in [0.05, 0.1) is 0 Å². The van der Waals surface area contributed by atoms with E-state index >= 15 is 0 Å². The topological polar surface area (TPSA) is 55.8 Å². The average Bonchev–Trinajstić information content (AvgIpc) is 2.66. The van der Waals surface area contributed by atoms with Gasteiger partial charge in [0.15, 0.2) is 0 Å². The predicted molar refractivity (Wildman–Crippen MR) is 108 cm³/mol. The van der Waals surface area contributed by atoms with Crippen molar-refractivity contribution in [3.8, 4) is 11.5 Å². The Bertz CT molecular complexity index is 1110. The Hall–Kier alpha value is -2.81. The molecule has 0 saturated heterocycles. The van der Waals surface area contributed by atoms with Gasteiger partial charge in [0, 0.05) is 10.8 Å². The first kappa shape index (κ1) is 17.6. The van der Waals surface area contributed by atoms with E-state index < -0.39 is 7.82 Å². The van der Waals surface area contributed by atoms with Crippen LogP contribution in [0.5, 0.6) is 11.5 Å². The number of hydrogen-bond acceptors (Lipinski definition) is 3. The van der Waals surface area contributed by atoms with Crippen LogP contribution >= 0.6 is 7.82 Å². The molecule has 4 aromatic carbocycles. The van der Waals surface area contributed by atoms with E-state index in [1.165, 1.54) is 0 Å². The summed E-state index contributed by atoms with van der Waals surface area (Å²) >= 11 is 0. The molecule has 0 fully saturated rings. The Morgan fingerprint density at radius 2 is 1.07 bits per heavy atom. The second-order valence-electron chi connectivity index (χ2n) is 6.52. The van der Waals surface area contributed by atoms with Crippen LogP contribution in [-0.4, -0.2) is 4.89 Å². The van der Waals surface area contributed by atoms with Crippen molar-refractivity contribution in [2.45, 2.75) is 13.8 Å². The van der Waals surface area contributed by atoms with E-state index in [9.17, 15) is 9.46 Å². The molecule has 5 heteroatoms. The third-order valence-corrected chi connectivity index (χ3v) is 5.39. The minimum Gasteiger partial charge on any atom is -0.394 e. The van der Waals surface area contributed by atoms with Crippen molar-refractivity contribution in [1.29, 1.82) is 0 Å². The van der Waals surface area contributed by atoms with Crippen molar-refractivity contribution in [2.24, 2.45) is 0 Å². The molecule has 136 valence electrons. The predicted octanol–water partition coefficient (Wildman–Crippen LogP) is 6.17. The third kappa shape index (κ3) is 3.42. The van der Waals surface area contributed by atoms with Gasteiger partial charge in [-0.2, -0.15) is 0 Å². The van der Waals surface area contributed by atoms with Gasteiger partial charge >= 0.3 is 7.82 Å². The maximum atomic E-state index is 12.9. The highest BCUT2D eigenvalue weighted by Crippen LogP contribution is 2.49. The quantitative estimate of drug-likeness (QED) is 0.432. The summed E-state index contributed by atoms with van der Waals surface area (Å²) in [5.41, 5.74) is 1.53. The van der Waals surface area contributed by atoms with Gasteiger partial charge < -0.3 is 9.05 Å². The molecular weight excluding hydrogens is 359 g/mol. The molecule has 0 amide bonds. The summed E-state index contributed by atoms with van der Waals surface area (Å²) in [4.78, 5) is 10.5. The van der Waals surface area contributed by atoms with Gasteiger partial charge in [-0.25, -0.2) is 4.57 Å². The van der Waals surface area contributed by atoms with Crippen LogP contribution in [0.15, 0.2) is 72.8 Å². The maximum Gasteiger partial charge on any atom is 0.584 e.